The number of carbonyl (C=O) groups excluding carboxylic acids is 1. The van der Waals surface area contributed by atoms with E-state index in [0.717, 1.165) is 0 Å². The number of esters is 1. The molecule has 20 heavy (non-hydrogen) atoms. The summed E-state index contributed by atoms with van der Waals surface area (Å²) in [5.41, 5.74) is 0. The quantitative estimate of drug-likeness (QED) is 0.368. The highest BCUT2D eigenvalue weighted by Crippen LogP contribution is 2.58. The molecule has 2 aliphatic heterocycles. The van der Waals surface area contributed by atoms with E-state index in [1.54, 1.807) is 11.8 Å². The van der Waals surface area contributed by atoms with E-state index in [1.165, 1.54) is 0 Å². The summed E-state index contributed by atoms with van der Waals surface area (Å²) in [7, 11) is 0. The van der Waals surface area contributed by atoms with Gasteiger partial charge in [-0.05, 0) is 20.8 Å². The number of hydrogen-bond acceptors (Lipinski definition) is 4. The van der Waals surface area contributed by atoms with Gasteiger partial charge in [0.1, 0.15) is 17.0 Å². The van der Waals surface area contributed by atoms with Crippen LogP contribution in [0.1, 0.15) is 20.8 Å². The van der Waals surface area contributed by atoms with E-state index in [1.807, 2.05) is 25.7 Å². The SMILES string of the molecule is CC1(C)S[C@H]2N(C(=S)[C@]2(C)Br)[C@H]1C(=O)OCC(Cl)(Cl)Cl. The summed E-state index contributed by atoms with van der Waals surface area (Å²) in [4.78, 5) is 14.9. The van der Waals surface area contributed by atoms with Crippen molar-refractivity contribution in [2.45, 2.75) is 45.1 Å². The van der Waals surface area contributed by atoms with Gasteiger partial charge in [-0.1, -0.05) is 63.0 Å². The third-order valence-corrected chi connectivity index (χ3v) is 7.41. The zero-order valence-electron chi connectivity index (χ0n) is 11.0. The maximum Gasteiger partial charge on any atom is 0.330 e. The average molecular weight is 442 g/mol. The van der Waals surface area contributed by atoms with E-state index in [0.29, 0.717) is 4.99 Å². The third kappa shape index (κ3) is 2.93. The highest BCUT2D eigenvalue weighted by molar-refractivity contribution is 9.10. The predicted molar refractivity (Wildman–Crippen MR) is 92.3 cm³/mol. The normalized spacial score (nSPS) is 35.5. The third-order valence-electron chi connectivity index (χ3n) is 3.32. The Hall–Kier alpha value is 1.06. The minimum Gasteiger partial charge on any atom is -0.460 e. The molecule has 2 heterocycles. The lowest BCUT2D eigenvalue weighted by Gasteiger charge is -2.51. The van der Waals surface area contributed by atoms with E-state index in [2.05, 4.69) is 15.9 Å². The molecule has 9 heteroatoms. The summed E-state index contributed by atoms with van der Waals surface area (Å²) in [6.07, 6.45) is 0. The molecule has 0 amide bonds. The van der Waals surface area contributed by atoms with Crippen molar-refractivity contribution in [3.05, 3.63) is 0 Å². The number of fused-ring (bicyclic) bond motifs is 1. The summed E-state index contributed by atoms with van der Waals surface area (Å²) in [6.45, 7) is 5.71. The number of ether oxygens (including phenoxy) is 1. The lowest BCUT2D eigenvalue weighted by Crippen LogP contribution is -2.68. The summed E-state index contributed by atoms with van der Waals surface area (Å²) in [5, 5.41) is 0.107. The van der Waals surface area contributed by atoms with Crippen molar-refractivity contribution >= 4 is 85.7 Å². The van der Waals surface area contributed by atoms with Crippen molar-refractivity contribution in [3.8, 4) is 0 Å². The fourth-order valence-electron chi connectivity index (χ4n) is 2.40. The first-order valence-electron chi connectivity index (χ1n) is 5.81. The van der Waals surface area contributed by atoms with Crippen LogP contribution in [0.15, 0.2) is 0 Å². The minimum atomic E-state index is -1.61. The zero-order valence-corrected chi connectivity index (χ0v) is 16.4. The summed E-state index contributed by atoms with van der Waals surface area (Å²) >= 11 is 27.5. The number of alkyl halides is 4. The van der Waals surface area contributed by atoms with Crippen molar-refractivity contribution in [2.24, 2.45) is 0 Å². The smallest absolute Gasteiger partial charge is 0.330 e. The number of hydrogen-bond donors (Lipinski definition) is 0. The maximum atomic E-state index is 12.3. The Morgan fingerprint density at radius 1 is 1.50 bits per heavy atom. The molecule has 0 aromatic heterocycles. The maximum absolute atomic E-state index is 12.3. The van der Waals surface area contributed by atoms with Gasteiger partial charge in [0.2, 0.25) is 3.79 Å². The van der Waals surface area contributed by atoms with Crippen molar-refractivity contribution in [1.82, 2.24) is 4.90 Å². The Morgan fingerprint density at radius 3 is 2.55 bits per heavy atom. The molecule has 3 nitrogen and oxygen atoms in total. The second-order valence-electron chi connectivity index (χ2n) is 5.49. The van der Waals surface area contributed by atoms with Crippen LogP contribution in [-0.4, -0.2) is 46.7 Å². The first-order chi connectivity index (χ1) is 8.88. The number of rotatable bonds is 2. The molecule has 0 bridgehead atoms. The lowest BCUT2D eigenvalue weighted by molar-refractivity contribution is -0.149. The molecule has 0 saturated carbocycles. The van der Waals surface area contributed by atoms with Crippen molar-refractivity contribution in [2.75, 3.05) is 6.61 Å². The van der Waals surface area contributed by atoms with Gasteiger partial charge in [0, 0.05) is 4.75 Å². The number of thioether (sulfide) groups is 1. The van der Waals surface area contributed by atoms with E-state index >= 15 is 0 Å². The first-order valence-corrected chi connectivity index (χ1v) is 9.02. The number of nitrogens with zero attached hydrogens (tertiary/aromatic N) is 1. The zero-order chi connectivity index (χ0) is 15.5. The van der Waals surface area contributed by atoms with Crippen LogP contribution in [0.3, 0.4) is 0 Å². The molecule has 0 radical (unpaired) electrons. The molecule has 0 spiro atoms. The average Bonchev–Trinajstić information content (AvgIpc) is 2.55. The Morgan fingerprint density at radius 2 is 2.05 bits per heavy atom. The number of halogens is 4. The van der Waals surface area contributed by atoms with E-state index in [9.17, 15) is 4.79 Å². The van der Waals surface area contributed by atoms with Gasteiger partial charge in [-0.25, -0.2) is 4.79 Å². The van der Waals surface area contributed by atoms with Crippen LogP contribution in [0.5, 0.6) is 0 Å². The molecule has 2 rings (SSSR count). The molecule has 2 fully saturated rings. The molecule has 2 saturated heterocycles. The highest BCUT2D eigenvalue weighted by atomic mass is 79.9. The van der Waals surface area contributed by atoms with Gasteiger partial charge >= 0.3 is 5.97 Å². The van der Waals surface area contributed by atoms with Crippen LogP contribution in [0, 0.1) is 0 Å². The lowest BCUT2D eigenvalue weighted by atomic mass is 9.93. The van der Waals surface area contributed by atoms with Crippen LogP contribution >= 0.6 is 74.7 Å². The van der Waals surface area contributed by atoms with Gasteiger partial charge in [0.15, 0.2) is 0 Å². The van der Waals surface area contributed by atoms with Gasteiger partial charge in [-0.3, -0.25) is 0 Å². The van der Waals surface area contributed by atoms with Crippen LogP contribution in [0.25, 0.3) is 0 Å². The fraction of sp³-hybridized carbons (Fsp3) is 0.818. The molecule has 3 atom stereocenters. The topological polar surface area (TPSA) is 29.5 Å². The van der Waals surface area contributed by atoms with Gasteiger partial charge in [0.05, 0.1) is 10.4 Å². The second-order valence-corrected chi connectivity index (χ2v) is 11.8. The Balaban J connectivity index is 2.15. The Kier molecular flexibility index (Phi) is 4.62. The summed E-state index contributed by atoms with van der Waals surface area (Å²) < 4.78 is 2.93. The fourth-order valence-corrected chi connectivity index (χ4v) is 5.32. The Labute approximate surface area is 151 Å². The van der Waals surface area contributed by atoms with Crippen LogP contribution < -0.4 is 0 Å². The molecule has 0 aromatic carbocycles. The summed E-state index contributed by atoms with van der Waals surface area (Å²) in [6, 6.07) is -0.469. The van der Waals surface area contributed by atoms with Crippen LogP contribution in [-0.2, 0) is 9.53 Å². The monoisotopic (exact) mass is 439 g/mol. The molecule has 114 valence electrons. The van der Waals surface area contributed by atoms with Gasteiger partial charge in [0.25, 0.3) is 0 Å². The molecule has 2 aliphatic rings. The van der Waals surface area contributed by atoms with Crippen LogP contribution in [0.2, 0.25) is 0 Å². The molecule has 0 aliphatic carbocycles. The predicted octanol–water partition coefficient (Wildman–Crippen LogP) is 3.92. The molecule has 0 unspecified atom stereocenters. The molecule has 0 aromatic rings. The van der Waals surface area contributed by atoms with Gasteiger partial charge in [-0.15, -0.1) is 11.8 Å². The number of thiocarbonyl (C=S) groups is 1. The molecular weight excluding hydrogens is 429 g/mol. The van der Waals surface area contributed by atoms with Gasteiger partial charge in [-0.2, -0.15) is 0 Å². The van der Waals surface area contributed by atoms with Crippen molar-refractivity contribution in [1.29, 1.82) is 0 Å². The largest absolute Gasteiger partial charge is 0.460 e. The summed E-state index contributed by atoms with van der Waals surface area (Å²) in [5.74, 6) is -0.415. The van der Waals surface area contributed by atoms with Crippen molar-refractivity contribution < 1.29 is 9.53 Å². The standard InChI is InChI=1S/C11H13BrCl3NO2S2/c1-9(2)5(6(17)18-4-11(13,14)15)16-7(19)10(3,12)8(16)20-9/h5,8H,4H2,1-3H3/t5-,8+,10-/m0/s1. The Bertz CT molecular complexity index is 467. The highest BCUT2D eigenvalue weighted by Gasteiger charge is 2.66. The van der Waals surface area contributed by atoms with E-state index < -0.39 is 15.8 Å². The van der Waals surface area contributed by atoms with E-state index in [-0.39, 0.29) is 21.1 Å². The van der Waals surface area contributed by atoms with Crippen molar-refractivity contribution in [3.63, 3.8) is 0 Å². The van der Waals surface area contributed by atoms with Gasteiger partial charge < -0.3 is 9.64 Å². The van der Waals surface area contributed by atoms with E-state index in [4.69, 9.17) is 51.8 Å². The molecular formula is C11H13BrCl3NO2S2. The van der Waals surface area contributed by atoms with Crippen LogP contribution in [0.4, 0.5) is 0 Å². The second kappa shape index (κ2) is 5.31. The number of carbonyl (C=O) groups is 1. The first kappa shape index (κ1) is 17.4. The minimum absolute atomic E-state index is 0.107. The molecule has 0 N–H and O–H groups in total.